The second-order valence-electron chi connectivity index (χ2n) is 2.84. The molecule has 2 rings (SSSR count). The van der Waals surface area contributed by atoms with Crippen LogP contribution in [-0.4, -0.2) is 25.3 Å². The normalized spacial score (nSPS) is 18.4. The summed E-state index contributed by atoms with van der Waals surface area (Å²) in [5, 5.41) is 0. The van der Waals surface area contributed by atoms with Crippen LogP contribution in [0.4, 0.5) is 0 Å². The van der Waals surface area contributed by atoms with Crippen molar-refractivity contribution in [3.05, 3.63) is 29.8 Å². The number of sulfonamides is 1. The van der Waals surface area contributed by atoms with Crippen LogP contribution in [0.5, 0.6) is 0 Å². The number of hydrogen-bond donors (Lipinski definition) is 1. The SMILES string of the molecule is NCN1C(=O)c2ccccc2S1(=O)=O. The Kier molecular flexibility index (Phi) is 1.83. The van der Waals surface area contributed by atoms with Crippen molar-refractivity contribution in [1.82, 2.24) is 4.31 Å². The van der Waals surface area contributed by atoms with E-state index in [9.17, 15) is 13.2 Å². The van der Waals surface area contributed by atoms with Crippen molar-refractivity contribution in [2.24, 2.45) is 5.73 Å². The van der Waals surface area contributed by atoms with E-state index < -0.39 is 15.9 Å². The smallest absolute Gasteiger partial charge is 0.270 e. The topological polar surface area (TPSA) is 80.5 Å². The van der Waals surface area contributed by atoms with Crippen molar-refractivity contribution in [3.8, 4) is 0 Å². The first kappa shape index (κ1) is 9.17. The molecule has 1 aromatic carbocycles. The maximum absolute atomic E-state index is 11.7. The van der Waals surface area contributed by atoms with Crippen LogP contribution in [0.2, 0.25) is 0 Å². The molecule has 0 saturated heterocycles. The van der Waals surface area contributed by atoms with Crippen LogP contribution in [-0.2, 0) is 10.0 Å². The Morgan fingerprint density at radius 2 is 1.93 bits per heavy atom. The van der Waals surface area contributed by atoms with Gasteiger partial charge in [-0.2, -0.15) is 0 Å². The van der Waals surface area contributed by atoms with Gasteiger partial charge in [-0.15, -0.1) is 0 Å². The molecule has 1 aliphatic rings. The highest BCUT2D eigenvalue weighted by atomic mass is 32.2. The molecule has 1 aromatic rings. The van der Waals surface area contributed by atoms with E-state index in [-0.39, 0.29) is 17.1 Å². The molecular formula is C8H8N2O3S. The lowest BCUT2D eigenvalue weighted by Gasteiger charge is -2.10. The monoisotopic (exact) mass is 212 g/mol. The Hall–Kier alpha value is -1.40. The lowest BCUT2D eigenvalue weighted by Crippen LogP contribution is -2.35. The molecule has 74 valence electrons. The number of fused-ring (bicyclic) bond motifs is 1. The predicted octanol–water partition coefficient (Wildman–Crippen LogP) is -0.253. The van der Waals surface area contributed by atoms with Gasteiger partial charge in [-0.1, -0.05) is 12.1 Å². The third-order valence-electron chi connectivity index (χ3n) is 2.08. The van der Waals surface area contributed by atoms with Gasteiger partial charge in [0.15, 0.2) is 0 Å². The standard InChI is InChI=1S/C8H8N2O3S/c9-5-10-8(11)6-3-1-2-4-7(6)14(10,12)13/h1-4H,5,9H2. The number of nitrogens with zero attached hydrogens (tertiary/aromatic N) is 1. The molecule has 0 spiro atoms. The summed E-state index contributed by atoms with van der Waals surface area (Å²) in [4.78, 5) is 11.5. The average molecular weight is 212 g/mol. The first-order chi connectivity index (χ1) is 6.59. The van der Waals surface area contributed by atoms with Gasteiger partial charge in [0.1, 0.15) is 4.90 Å². The van der Waals surface area contributed by atoms with E-state index in [1.54, 1.807) is 12.1 Å². The predicted molar refractivity (Wildman–Crippen MR) is 48.9 cm³/mol. The van der Waals surface area contributed by atoms with Crippen LogP contribution in [0.1, 0.15) is 10.4 Å². The largest absolute Gasteiger partial charge is 0.313 e. The number of carbonyl (C=O) groups excluding carboxylic acids is 1. The first-order valence-electron chi connectivity index (χ1n) is 3.95. The zero-order valence-corrected chi connectivity index (χ0v) is 7.99. The van der Waals surface area contributed by atoms with E-state index in [0.29, 0.717) is 4.31 Å². The Morgan fingerprint density at radius 3 is 2.50 bits per heavy atom. The van der Waals surface area contributed by atoms with Crippen LogP contribution in [0, 0.1) is 0 Å². The third kappa shape index (κ3) is 0.978. The van der Waals surface area contributed by atoms with Crippen molar-refractivity contribution in [2.45, 2.75) is 4.90 Å². The summed E-state index contributed by atoms with van der Waals surface area (Å²) in [7, 11) is -3.69. The highest BCUT2D eigenvalue weighted by molar-refractivity contribution is 7.90. The van der Waals surface area contributed by atoms with Crippen molar-refractivity contribution >= 4 is 15.9 Å². The number of nitrogens with two attached hydrogens (primary N) is 1. The minimum absolute atomic E-state index is 0.0375. The lowest BCUT2D eigenvalue weighted by atomic mass is 10.2. The Labute approximate surface area is 81.2 Å². The zero-order valence-electron chi connectivity index (χ0n) is 7.17. The number of hydrogen-bond acceptors (Lipinski definition) is 4. The summed E-state index contributed by atoms with van der Waals surface area (Å²) < 4.78 is 24.0. The quantitative estimate of drug-likeness (QED) is 0.696. The third-order valence-corrected chi connectivity index (χ3v) is 3.88. The molecule has 5 nitrogen and oxygen atoms in total. The molecule has 1 amide bonds. The summed E-state index contributed by atoms with van der Waals surface area (Å²) in [6.45, 7) is -0.324. The first-order valence-corrected chi connectivity index (χ1v) is 5.39. The fourth-order valence-corrected chi connectivity index (χ4v) is 2.85. The molecule has 0 aromatic heterocycles. The van der Waals surface area contributed by atoms with Crippen LogP contribution < -0.4 is 5.73 Å². The van der Waals surface area contributed by atoms with E-state index in [4.69, 9.17) is 5.73 Å². The Bertz CT molecular complexity index is 495. The van der Waals surface area contributed by atoms with E-state index in [0.717, 1.165) is 0 Å². The molecule has 1 heterocycles. The second kappa shape index (κ2) is 2.79. The van der Waals surface area contributed by atoms with Gasteiger partial charge >= 0.3 is 0 Å². The molecular weight excluding hydrogens is 204 g/mol. The number of amides is 1. The molecule has 2 N–H and O–H groups in total. The molecule has 0 atom stereocenters. The lowest BCUT2D eigenvalue weighted by molar-refractivity contribution is 0.0873. The van der Waals surface area contributed by atoms with Gasteiger partial charge in [-0.25, -0.2) is 12.7 Å². The maximum atomic E-state index is 11.7. The van der Waals surface area contributed by atoms with Crippen LogP contribution in [0.25, 0.3) is 0 Å². The molecule has 6 heteroatoms. The molecule has 0 fully saturated rings. The fourth-order valence-electron chi connectivity index (χ4n) is 1.41. The van der Waals surface area contributed by atoms with Gasteiger partial charge in [-0.05, 0) is 12.1 Å². The summed E-state index contributed by atoms with van der Waals surface area (Å²) in [5.74, 6) is -0.553. The van der Waals surface area contributed by atoms with E-state index in [1.165, 1.54) is 12.1 Å². The van der Waals surface area contributed by atoms with Crippen LogP contribution in [0.15, 0.2) is 29.2 Å². The van der Waals surface area contributed by atoms with Gasteiger partial charge in [-0.3, -0.25) is 4.79 Å². The fraction of sp³-hybridized carbons (Fsp3) is 0.125. The van der Waals surface area contributed by atoms with E-state index in [2.05, 4.69) is 0 Å². The van der Waals surface area contributed by atoms with Gasteiger partial charge in [0.25, 0.3) is 15.9 Å². The molecule has 0 radical (unpaired) electrons. The molecule has 1 aliphatic heterocycles. The van der Waals surface area contributed by atoms with Crippen LogP contribution >= 0.6 is 0 Å². The second-order valence-corrected chi connectivity index (χ2v) is 4.67. The minimum Gasteiger partial charge on any atom is -0.313 e. The average Bonchev–Trinajstić information content (AvgIpc) is 2.36. The van der Waals surface area contributed by atoms with Crippen molar-refractivity contribution in [3.63, 3.8) is 0 Å². The van der Waals surface area contributed by atoms with Crippen molar-refractivity contribution < 1.29 is 13.2 Å². The van der Waals surface area contributed by atoms with Gasteiger partial charge in [0.05, 0.1) is 12.2 Å². The van der Waals surface area contributed by atoms with Gasteiger partial charge in [0.2, 0.25) is 0 Å². The Balaban J connectivity index is 2.74. The number of benzene rings is 1. The molecule has 0 aliphatic carbocycles. The Morgan fingerprint density at radius 1 is 1.29 bits per heavy atom. The number of rotatable bonds is 1. The molecule has 0 saturated carbocycles. The summed E-state index contributed by atoms with van der Waals surface area (Å²) in [5.41, 5.74) is 5.40. The van der Waals surface area contributed by atoms with E-state index >= 15 is 0 Å². The maximum Gasteiger partial charge on any atom is 0.270 e. The summed E-state index contributed by atoms with van der Waals surface area (Å²) in [6, 6.07) is 6.07. The minimum atomic E-state index is -3.69. The molecule has 14 heavy (non-hydrogen) atoms. The van der Waals surface area contributed by atoms with Gasteiger partial charge < -0.3 is 5.73 Å². The molecule has 0 unspecified atom stereocenters. The summed E-state index contributed by atoms with van der Waals surface area (Å²) >= 11 is 0. The van der Waals surface area contributed by atoms with Crippen LogP contribution in [0.3, 0.4) is 0 Å². The van der Waals surface area contributed by atoms with Gasteiger partial charge in [0, 0.05) is 0 Å². The highest BCUT2D eigenvalue weighted by Crippen LogP contribution is 2.28. The van der Waals surface area contributed by atoms with Crippen molar-refractivity contribution in [1.29, 1.82) is 0 Å². The zero-order chi connectivity index (χ0) is 10.3. The number of carbonyl (C=O) groups is 1. The highest BCUT2D eigenvalue weighted by Gasteiger charge is 2.39. The van der Waals surface area contributed by atoms with E-state index in [1.807, 2.05) is 0 Å². The summed E-state index contributed by atoms with van der Waals surface area (Å²) in [6.07, 6.45) is 0. The van der Waals surface area contributed by atoms with Crippen molar-refractivity contribution in [2.75, 3.05) is 6.67 Å². The molecule has 0 bridgehead atoms.